The SMILES string of the molecule is C.CB(O)O.Cc1cc(C)cc(-c2nccc3c(C)c(C)sc23)c1.Cc1cc(C)cc(-c2nccc3c(C)c(I)sc23)c1. The maximum atomic E-state index is 7.61. The first-order chi connectivity index (χ1) is 19.8. The van der Waals surface area contributed by atoms with Gasteiger partial charge in [0.05, 0.1) is 23.7 Å². The van der Waals surface area contributed by atoms with Gasteiger partial charge in [-0.15, -0.1) is 22.7 Å². The van der Waals surface area contributed by atoms with Crippen molar-refractivity contribution in [2.75, 3.05) is 0 Å². The van der Waals surface area contributed by atoms with Crippen molar-refractivity contribution in [2.24, 2.45) is 0 Å². The van der Waals surface area contributed by atoms with E-state index in [1.807, 2.05) is 35.1 Å². The molecule has 0 aliphatic carbocycles. The zero-order valence-corrected chi connectivity index (χ0v) is 29.1. The van der Waals surface area contributed by atoms with E-state index in [2.05, 4.69) is 130 Å². The molecule has 8 heteroatoms. The summed E-state index contributed by atoms with van der Waals surface area (Å²) in [7, 11) is -1.17. The Balaban J connectivity index is 0.000000206. The van der Waals surface area contributed by atoms with Crippen molar-refractivity contribution in [3.05, 3.63) is 102 Å². The molecule has 0 amide bonds. The molecule has 0 spiro atoms. The first-order valence-corrected chi connectivity index (χ1v) is 16.5. The van der Waals surface area contributed by atoms with Crippen LogP contribution in [0.15, 0.2) is 60.9 Å². The fourth-order valence-corrected chi connectivity index (χ4v) is 8.18. The van der Waals surface area contributed by atoms with Crippen LogP contribution in [0.2, 0.25) is 6.82 Å². The van der Waals surface area contributed by atoms with Gasteiger partial charge in [0, 0.05) is 33.8 Å². The third-order valence-corrected chi connectivity index (χ3v) is 10.7. The van der Waals surface area contributed by atoms with Crippen LogP contribution in [-0.4, -0.2) is 27.1 Å². The average Bonchev–Trinajstić information content (AvgIpc) is 3.37. The molecule has 43 heavy (non-hydrogen) atoms. The van der Waals surface area contributed by atoms with Crippen LogP contribution in [0, 0.1) is 51.4 Å². The molecule has 0 atom stereocenters. The van der Waals surface area contributed by atoms with Crippen molar-refractivity contribution >= 4 is 72.6 Å². The Bertz CT molecular complexity index is 1700. The lowest BCUT2D eigenvalue weighted by Gasteiger charge is -2.05. The van der Waals surface area contributed by atoms with Gasteiger partial charge in [0.15, 0.2) is 0 Å². The zero-order chi connectivity index (χ0) is 30.7. The lowest BCUT2D eigenvalue weighted by atomic mass is 9.99. The van der Waals surface area contributed by atoms with Crippen molar-refractivity contribution in [2.45, 2.75) is 62.7 Å². The zero-order valence-electron chi connectivity index (χ0n) is 25.3. The number of hydrogen-bond donors (Lipinski definition) is 2. The molecule has 4 heterocycles. The van der Waals surface area contributed by atoms with E-state index in [1.165, 1.54) is 79.3 Å². The molecular formula is C35H40BIN2O2S2. The minimum absolute atomic E-state index is 0. The summed E-state index contributed by atoms with van der Waals surface area (Å²) in [6, 6.07) is 17.5. The quantitative estimate of drug-likeness (QED) is 0.138. The first-order valence-electron chi connectivity index (χ1n) is 13.8. The van der Waals surface area contributed by atoms with Gasteiger partial charge in [0.2, 0.25) is 0 Å². The van der Waals surface area contributed by atoms with Gasteiger partial charge in [-0.25, -0.2) is 0 Å². The van der Waals surface area contributed by atoms with E-state index < -0.39 is 7.12 Å². The highest BCUT2D eigenvalue weighted by molar-refractivity contribution is 14.1. The van der Waals surface area contributed by atoms with E-state index >= 15 is 0 Å². The maximum absolute atomic E-state index is 7.61. The molecule has 2 aromatic carbocycles. The second kappa shape index (κ2) is 14.9. The number of nitrogens with zero attached hydrogens (tertiary/aromatic N) is 2. The van der Waals surface area contributed by atoms with E-state index in [0.29, 0.717) is 0 Å². The van der Waals surface area contributed by atoms with E-state index in [-0.39, 0.29) is 7.43 Å². The number of halogens is 1. The average molecular weight is 723 g/mol. The van der Waals surface area contributed by atoms with E-state index in [4.69, 9.17) is 10.0 Å². The Morgan fingerprint density at radius 1 is 0.628 bits per heavy atom. The van der Waals surface area contributed by atoms with Crippen LogP contribution in [0.25, 0.3) is 42.7 Å². The topological polar surface area (TPSA) is 66.2 Å². The summed E-state index contributed by atoms with van der Waals surface area (Å²) >= 11 is 6.10. The van der Waals surface area contributed by atoms with Crippen molar-refractivity contribution in [3.63, 3.8) is 0 Å². The first kappa shape index (κ1) is 34.9. The highest BCUT2D eigenvalue weighted by Gasteiger charge is 2.13. The van der Waals surface area contributed by atoms with Gasteiger partial charge in [-0.1, -0.05) is 41.8 Å². The molecule has 6 rings (SSSR count). The number of thiophene rings is 2. The van der Waals surface area contributed by atoms with E-state index in [0.717, 1.165) is 11.4 Å². The second-order valence-corrected chi connectivity index (χ2v) is 14.8. The summed E-state index contributed by atoms with van der Waals surface area (Å²) in [6.45, 7) is 16.4. The Kier molecular flexibility index (Phi) is 12.1. The fourth-order valence-electron chi connectivity index (χ4n) is 5.02. The smallest absolute Gasteiger partial charge is 0.427 e. The van der Waals surface area contributed by atoms with Gasteiger partial charge in [-0.05, 0) is 131 Å². The van der Waals surface area contributed by atoms with Crippen LogP contribution in [0.4, 0.5) is 0 Å². The molecular weight excluding hydrogens is 682 g/mol. The Morgan fingerprint density at radius 3 is 1.42 bits per heavy atom. The summed E-state index contributed by atoms with van der Waals surface area (Å²) in [5, 5.41) is 17.9. The van der Waals surface area contributed by atoms with Crippen LogP contribution in [0.5, 0.6) is 0 Å². The predicted molar refractivity (Wildman–Crippen MR) is 199 cm³/mol. The van der Waals surface area contributed by atoms with Gasteiger partial charge in [-0.2, -0.15) is 0 Å². The highest BCUT2D eigenvalue weighted by atomic mass is 127. The van der Waals surface area contributed by atoms with Crippen molar-refractivity contribution in [1.29, 1.82) is 0 Å². The summed E-state index contributed by atoms with van der Waals surface area (Å²) in [6.07, 6.45) is 3.85. The molecule has 6 aromatic rings. The van der Waals surface area contributed by atoms with Crippen LogP contribution in [-0.2, 0) is 0 Å². The summed E-state index contributed by atoms with van der Waals surface area (Å²) < 4.78 is 3.96. The fraction of sp³-hybridized carbons (Fsp3) is 0.257. The number of hydrogen-bond acceptors (Lipinski definition) is 6. The van der Waals surface area contributed by atoms with Crippen LogP contribution in [0.3, 0.4) is 0 Å². The van der Waals surface area contributed by atoms with Crippen LogP contribution >= 0.6 is 45.3 Å². The van der Waals surface area contributed by atoms with Gasteiger partial charge in [0.1, 0.15) is 0 Å². The normalized spacial score (nSPS) is 10.5. The molecule has 2 N–H and O–H groups in total. The van der Waals surface area contributed by atoms with Crippen LogP contribution in [0.1, 0.15) is 45.7 Å². The lowest BCUT2D eigenvalue weighted by molar-refractivity contribution is 0.417. The number of aryl methyl sites for hydroxylation is 7. The Hall–Kier alpha value is -2.63. The summed E-state index contributed by atoms with van der Waals surface area (Å²) in [5.74, 6) is 0. The van der Waals surface area contributed by atoms with Gasteiger partial charge < -0.3 is 10.0 Å². The van der Waals surface area contributed by atoms with Gasteiger partial charge in [0.25, 0.3) is 0 Å². The minimum atomic E-state index is -1.17. The Morgan fingerprint density at radius 2 is 1.00 bits per heavy atom. The summed E-state index contributed by atoms with van der Waals surface area (Å²) in [4.78, 5) is 10.6. The summed E-state index contributed by atoms with van der Waals surface area (Å²) in [5.41, 5.74) is 12.6. The van der Waals surface area contributed by atoms with Crippen molar-refractivity contribution < 1.29 is 10.0 Å². The molecule has 0 bridgehead atoms. The predicted octanol–water partition coefficient (Wildman–Crippen LogP) is 10.4. The Labute approximate surface area is 278 Å². The molecule has 0 aliphatic rings. The largest absolute Gasteiger partial charge is 0.448 e. The third kappa shape index (κ3) is 8.31. The number of aromatic nitrogens is 2. The molecule has 0 unspecified atom stereocenters. The lowest BCUT2D eigenvalue weighted by Crippen LogP contribution is -2.00. The number of fused-ring (bicyclic) bond motifs is 2. The number of benzene rings is 2. The molecule has 0 fully saturated rings. The molecule has 0 radical (unpaired) electrons. The molecule has 4 aromatic heterocycles. The monoisotopic (exact) mass is 722 g/mol. The number of pyridine rings is 2. The molecule has 0 saturated heterocycles. The van der Waals surface area contributed by atoms with Gasteiger partial charge >= 0.3 is 7.12 Å². The van der Waals surface area contributed by atoms with Crippen LogP contribution < -0.4 is 0 Å². The standard InChI is InChI=1S/C17H17NS.C16H14INS.CH5BO2.CH4/c1-10-7-11(2)9-14(8-10)16-17-15(5-6-18-16)12(3)13(4)19-17;1-9-6-10(2)8-12(7-9)14-15-13(4-5-18-14)11(3)16(17)19-15;1-2(3)4;/h5-9H,1-4H3;4-8H,1-3H3;3-4H,1H3;1H4. The van der Waals surface area contributed by atoms with E-state index in [9.17, 15) is 0 Å². The third-order valence-electron chi connectivity index (χ3n) is 6.88. The molecule has 224 valence electrons. The molecule has 4 nitrogen and oxygen atoms in total. The highest BCUT2D eigenvalue weighted by Crippen LogP contribution is 2.38. The minimum Gasteiger partial charge on any atom is -0.427 e. The molecule has 0 aliphatic heterocycles. The second-order valence-electron chi connectivity index (χ2n) is 10.7. The number of rotatable bonds is 2. The maximum Gasteiger partial charge on any atom is 0.448 e. The van der Waals surface area contributed by atoms with Crippen molar-refractivity contribution in [1.82, 2.24) is 9.97 Å². The van der Waals surface area contributed by atoms with E-state index in [1.54, 1.807) is 0 Å². The molecule has 0 saturated carbocycles. The van der Waals surface area contributed by atoms with Crippen molar-refractivity contribution in [3.8, 4) is 22.5 Å². The van der Waals surface area contributed by atoms with Gasteiger partial charge in [-0.3, -0.25) is 9.97 Å².